The molecule has 0 unspecified atom stereocenters. The molecular formula is C17H32O2. The van der Waals surface area contributed by atoms with Crippen molar-refractivity contribution in [3.8, 4) is 0 Å². The second-order valence-electron chi connectivity index (χ2n) is 5.51. The lowest BCUT2D eigenvalue weighted by Crippen LogP contribution is -2.05. The molecule has 2 nitrogen and oxygen atoms in total. The van der Waals surface area contributed by atoms with Crippen molar-refractivity contribution in [3.63, 3.8) is 0 Å². The van der Waals surface area contributed by atoms with E-state index in [0.717, 1.165) is 24.8 Å². The molecule has 0 radical (unpaired) electrons. The van der Waals surface area contributed by atoms with Crippen molar-refractivity contribution in [3.05, 3.63) is 12.2 Å². The summed E-state index contributed by atoms with van der Waals surface area (Å²) < 4.78 is 5.13. The molecule has 0 aliphatic rings. The van der Waals surface area contributed by atoms with Crippen LogP contribution in [0, 0.1) is 0 Å². The Morgan fingerprint density at radius 2 is 1.42 bits per heavy atom. The van der Waals surface area contributed by atoms with Crippen molar-refractivity contribution < 1.29 is 9.53 Å². The maximum atomic E-state index is 11.4. The van der Waals surface area contributed by atoms with Crippen molar-refractivity contribution in [2.24, 2.45) is 0 Å². The van der Waals surface area contributed by atoms with Crippen LogP contribution in [-0.4, -0.2) is 12.6 Å². The minimum absolute atomic E-state index is 0.0517. The van der Waals surface area contributed by atoms with Crippen LogP contribution in [-0.2, 0) is 9.53 Å². The first-order chi connectivity index (χ1) is 9.16. The number of carbonyl (C=O) groups excluding carboxylic acids is 1. The van der Waals surface area contributed by atoms with Crippen molar-refractivity contribution >= 4 is 5.97 Å². The first kappa shape index (κ1) is 18.2. The molecule has 0 spiro atoms. The van der Waals surface area contributed by atoms with Gasteiger partial charge < -0.3 is 4.74 Å². The third-order valence-electron chi connectivity index (χ3n) is 3.28. The van der Waals surface area contributed by atoms with Gasteiger partial charge in [0.05, 0.1) is 6.61 Å². The molecule has 0 amide bonds. The predicted molar refractivity (Wildman–Crippen MR) is 82.2 cm³/mol. The van der Waals surface area contributed by atoms with E-state index in [1.54, 1.807) is 0 Å². The van der Waals surface area contributed by atoms with Gasteiger partial charge in [0.1, 0.15) is 0 Å². The number of carbonyl (C=O) groups is 1. The van der Waals surface area contributed by atoms with E-state index in [1.807, 2.05) is 6.92 Å². The van der Waals surface area contributed by atoms with E-state index in [2.05, 4.69) is 13.5 Å². The molecule has 19 heavy (non-hydrogen) atoms. The van der Waals surface area contributed by atoms with Crippen molar-refractivity contribution in [2.45, 2.75) is 84.5 Å². The lowest BCUT2D eigenvalue weighted by Gasteiger charge is -2.04. The van der Waals surface area contributed by atoms with Crippen LogP contribution in [0.2, 0.25) is 0 Å². The van der Waals surface area contributed by atoms with E-state index in [4.69, 9.17) is 4.74 Å². The smallest absolute Gasteiger partial charge is 0.305 e. The number of hydrogen-bond donors (Lipinski definition) is 0. The van der Waals surface area contributed by atoms with Crippen LogP contribution in [0.3, 0.4) is 0 Å². The van der Waals surface area contributed by atoms with Gasteiger partial charge in [-0.15, -0.1) is 6.58 Å². The summed E-state index contributed by atoms with van der Waals surface area (Å²) in [5, 5.41) is 0. The van der Waals surface area contributed by atoms with Crippen LogP contribution in [0.4, 0.5) is 0 Å². The highest BCUT2D eigenvalue weighted by Gasteiger charge is 2.02. The Hall–Kier alpha value is -0.790. The number of unbranched alkanes of at least 4 members (excludes halogenated alkanes) is 8. The summed E-state index contributed by atoms with van der Waals surface area (Å²) in [5.41, 5.74) is 1.07. The van der Waals surface area contributed by atoms with Crippen LogP contribution in [0.5, 0.6) is 0 Å². The minimum Gasteiger partial charge on any atom is -0.465 e. The molecule has 0 aromatic heterocycles. The normalized spacial score (nSPS) is 10.4. The number of ether oxygens (including phenoxy) is 1. The Bertz CT molecular complexity index is 233. The second kappa shape index (κ2) is 13.6. The van der Waals surface area contributed by atoms with E-state index in [9.17, 15) is 4.79 Å². The Balaban J connectivity index is 3.16. The predicted octanol–water partition coefficient (Wildman–Crippen LogP) is 5.42. The molecule has 0 fully saturated rings. The highest BCUT2D eigenvalue weighted by Crippen LogP contribution is 2.10. The maximum Gasteiger partial charge on any atom is 0.305 e. The van der Waals surface area contributed by atoms with Crippen LogP contribution >= 0.6 is 0 Å². The molecule has 0 heterocycles. The Morgan fingerprint density at radius 1 is 0.895 bits per heavy atom. The third-order valence-corrected chi connectivity index (χ3v) is 3.28. The highest BCUT2D eigenvalue weighted by atomic mass is 16.5. The van der Waals surface area contributed by atoms with Gasteiger partial charge >= 0.3 is 5.97 Å². The van der Waals surface area contributed by atoms with Crippen LogP contribution in [0.25, 0.3) is 0 Å². The van der Waals surface area contributed by atoms with Gasteiger partial charge in [0.25, 0.3) is 0 Å². The summed E-state index contributed by atoms with van der Waals surface area (Å²) in [6.45, 7) is 8.47. The number of esters is 1. The fourth-order valence-corrected chi connectivity index (χ4v) is 1.99. The molecule has 2 heteroatoms. The first-order valence-electron chi connectivity index (χ1n) is 7.96. The van der Waals surface area contributed by atoms with E-state index in [1.165, 1.54) is 44.9 Å². The van der Waals surface area contributed by atoms with Gasteiger partial charge in [-0.05, 0) is 13.3 Å². The standard InChI is InChI=1S/C17H32O2/c1-4-5-6-7-8-9-10-11-12-13-17(18)19-15-14-16(2)3/h2,4-15H2,1,3H3. The summed E-state index contributed by atoms with van der Waals surface area (Å²) in [4.78, 5) is 11.4. The molecule has 0 aliphatic carbocycles. The summed E-state index contributed by atoms with van der Waals surface area (Å²) in [6, 6.07) is 0. The van der Waals surface area contributed by atoms with Gasteiger partial charge in [-0.25, -0.2) is 0 Å². The quantitative estimate of drug-likeness (QED) is 0.253. The van der Waals surface area contributed by atoms with Gasteiger partial charge in [0.15, 0.2) is 0 Å². The monoisotopic (exact) mass is 268 g/mol. The van der Waals surface area contributed by atoms with Gasteiger partial charge in [-0.2, -0.15) is 0 Å². The van der Waals surface area contributed by atoms with E-state index in [-0.39, 0.29) is 5.97 Å². The summed E-state index contributed by atoms with van der Waals surface area (Å²) in [7, 11) is 0. The summed E-state index contributed by atoms with van der Waals surface area (Å²) in [5.74, 6) is -0.0517. The van der Waals surface area contributed by atoms with Crippen LogP contribution < -0.4 is 0 Å². The molecule has 0 aliphatic heterocycles. The lowest BCUT2D eigenvalue weighted by atomic mass is 10.1. The molecular weight excluding hydrogens is 236 g/mol. The van der Waals surface area contributed by atoms with Gasteiger partial charge in [0, 0.05) is 12.8 Å². The van der Waals surface area contributed by atoms with Crippen molar-refractivity contribution in [2.75, 3.05) is 6.61 Å². The molecule has 0 saturated carbocycles. The van der Waals surface area contributed by atoms with Gasteiger partial charge in [-0.1, -0.05) is 63.9 Å². The van der Waals surface area contributed by atoms with Crippen molar-refractivity contribution in [1.29, 1.82) is 0 Å². The fraction of sp³-hybridized carbons (Fsp3) is 0.824. The second-order valence-corrected chi connectivity index (χ2v) is 5.51. The van der Waals surface area contributed by atoms with E-state index >= 15 is 0 Å². The van der Waals surface area contributed by atoms with E-state index in [0.29, 0.717) is 13.0 Å². The molecule has 0 aromatic carbocycles. The van der Waals surface area contributed by atoms with Crippen LogP contribution in [0.15, 0.2) is 12.2 Å². The first-order valence-corrected chi connectivity index (χ1v) is 7.96. The topological polar surface area (TPSA) is 26.3 Å². The lowest BCUT2D eigenvalue weighted by molar-refractivity contribution is -0.143. The summed E-state index contributed by atoms with van der Waals surface area (Å²) in [6.07, 6.45) is 12.8. The zero-order valence-electron chi connectivity index (χ0n) is 13.0. The maximum absolute atomic E-state index is 11.4. The Labute approximate surface area is 119 Å². The molecule has 0 aromatic rings. The average molecular weight is 268 g/mol. The fourth-order valence-electron chi connectivity index (χ4n) is 1.99. The third kappa shape index (κ3) is 15.2. The molecule has 0 N–H and O–H groups in total. The Morgan fingerprint density at radius 3 is 1.95 bits per heavy atom. The van der Waals surface area contributed by atoms with Crippen molar-refractivity contribution in [1.82, 2.24) is 0 Å². The molecule has 0 atom stereocenters. The largest absolute Gasteiger partial charge is 0.465 e. The molecule has 0 saturated heterocycles. The van der Waals surface area contributed by atoms with Gasteiger partial charge in [-0.3, -0.25) is 4.79 Å². The van der Waals surface area contributed by atoms with Crippen LogP contribution in [0.1, 0.15) is 84.5 Å². The SMILES string of the molecule is C=C(C)CCOC(=O)CCCCCCCCCCC. The zero-order chi connectivity index (χ0) is 14.3. The molecule has 112 valence electrons. The average Bonchev–Trinajstić information content (AvgIpc) is 2.36. The number of rotatable bonds is 13. The van der Waals surface area contributed by atoms with Gasteiger partial charge in [0.2, 0.25) is 0 Å². The number of hydrogen-bond acceptors (Lipinski definition) is 2. The summed E-state index contributed by atoms with van der Waals surface area (Å²) >= 11 is 0. The zero-order valence-corrected chi connectivity index (χ0v) is 13.0. The molecule has 0 rings (SSSR count). The minimum atomic E-state index is -0.0517. The highest BCUT2D eigenvalue weighted by molar-refractivity contribution is 5.69. The van der Waals surface area contributed by atoms with E-state index < -0.39 is 0 Å². The molecule has 0 bridgehead atoms. The Kier molecular flexibility index (Phi) is 13.1.